The minimum absolute atomic E-state index is 0.236. The average molecular weight is 539 g/mol. The molecule has 0 amide bonds. The number of hydrogen-bond donors (Lipinski definition) is 0. The number of aryl methyl sites for hydroxylation is 1. The normalized spacial score (nSPS) is 17.2. The van der Waals surface area contributed by atoms with Crippen LogP contribution in [-0.2, 0) is 6.42 Å². The second-order valence-electron chi connectivity index (χ2n) is 11.5. The van der Waals surface area contributed by atoms with Gasteiger partial charge in [-0.05, 0) is 73.4 Å². The van der Waals surface area contributed by atoms with Crippen molar-refractivity contribution in [2.24, 2.45) is 11.8 Å². The molecule has 1 saturated carbocycles. The van der Waals surface area contributed by atoms with E-state index in [1.807, 2.05) is 12.1 Å². The smallest absolute Gasteiger partial charge is 0.343 e. The molecular weight excluding hydrogens is 487 g/mol. The first-order valence-corrected chi connectivity index (χ1v) is 15.8. The number of benzene rings is 2. The largest absolute Gasteiger partial charge is 0.494 e. The zero-order chi connectivity index (χ0) is 27.7. The summed E-state index contributed by atoms with van der Waals surface area (Å²) in [6.45, 7) is 5.19. The van der Waals surface area contributed by atoms with Crippen molar-refractivity contribution in [2.45, 2.75) is 123 Å². The van der Waals surface area contributed by atoms with Crippen molar-refractivity contribution in [3.05, 3.63) is 59.4 Å². The minimum atomic E-state index is -0.490. The molecule has 1 aliphatic carbocycles. The van der Waals surface area contributed by atoms with E-state index in [-0.39, 0.29) is 11.6 Å². The molecule has 0 radical (unpaired) electrons. The van der Waals surface area contributed by atoms with Crippen molar-refractivity contribution in [3.63, 3.8) is 0 Å². The summed E-state index contributed by atoms with van der Waals surface area (Å²) in [5.41, 5.74) is 1.11. The van der Waals surface area contributed by atoms with Gasteiger partial charge >= 0.3 is 5.97 Å². The molecule has 0 aliphatic heterocycles. The number of halogens is 1. The Morgan fingerprint density at radius 1 is 0.769 bits per heavy atom. The standard InChI is InChI=1S/C35H51FO3/c1-3-5-7-8-9-11-18-30-20-25-33(27-34(30)36)39-35(37)31-21-23-32(24-22-31)38-26-14-19-29-17-13-12-16-28(29)15-10-6-4-2/h20-25,27-29H,3-19,26H2,1-2H3. The van der Waals surface area contributed by atoms with Gasteiger partial charge in [0.1, 0.15) is 17.3 Å². The van der Waals surface area contributed by atoms with E-state index in [2.05, 4.69) is 13.8 Å². The summed E-state index contributed by atoms with van der Waals surface area (Å²) in [5, 5.41) is 0. The molecular formula is C35H51FO3. The Hall–Kier alpha value is -2.36. The van der Waals surface area contributed by atoms with Gasteiger partial charge in [-0.15, -0.1) is 0 Å². The summed E-state index contributed by atoms with van der Waals surface area (Å²) >= 11 is 0. The third-order valence-electron chi connectivity index (χ3n) is 8.36. The lowest BCUT2D eigenvalue weighted by atomic mass is 9.74. The Bertz CT molecular complexity index is 955. The summed E-state index contributed by atoms with van der Waals surface area (Å²) in [6, 6.07) is 11.8. The number of carbonyl (C=O) groups is 1. The van der Waals surface area contributed by atoms with E-state index in [0.717, 1.165) is 36.8 Å². The van der Waals surface area contributed by atoms with Crippen molar-refractivity contribution in [1.82, 2.24) is 0 Å². The predicted molar refractivity (Wildman–Crippen MR) is 159 cm³/mol. The maximum Gasteiger partial charge on any atom is 0.343 e. The SMILES string of the molecule is CCCCCCCCc1ccc(OC(=O)c2ccc(OCCCC3CCCCC3CCCCC)cc2)cc1F. The number of esters is 1. The molecule has 3 rings (SSSR count). The molecule has 4 heteroatoms. The first kappa shape index (κ1) is 31.2. The van der Waals surface area contributed by atoms with E-state index in [4.69, 9.17) is 9.47 Å². The van der Waals surface area contributed by atoms with Crippen molar-refractivity contribution >= 4 is 5.97 Å². The van der Waals surface area contributed by atoms with Gasteiger partial charge in [0.05, 0.1) is 12.2 Å². The molecule has 0 N–H and O–H groups in total. The Morgan fingerprint density at radius 3 is 2.08 bits per heavy atom. The van der Waals surface area contributed by atoms with Crippen LogP contribution in [0.25, 0.3) is 0 Å². The van der Waals surface area contributed by atoms with Gasteiger partial charge in [-0.1, -0.05) is 103 Å². The lowest BCUT2D eigenvalue weighted by Crippen LogP contribution is -2.20. The molecule has 1 aliphatic rings. The molecule has 2 atom stereocenters. The van der Waals surface area contributed by atoms with Crippen LogP contribution in [0.2, 0.25) is 0 Å². The van der Waals surface area contributed by atoms with E-state index >= 15 is 0 Å². The van der Waals surface area contributed by atoms with Gasteiger partial charge in [-0.3, -0.25) is 0 Å². The number of carbonyl (C=O) groups excluding carboxylic acids is 1. The molecule has 2 aromatic carbocycles. The molecule has 0 aromatic heterocycles. The maximum absolute atomic E-state index is 14.5. The monoisotopic (exact) mass is 538 g/mol. The van der Waals surface area contributed by atoms with Crippen LogP contribution >= 0.6 is 0 Å². The quantitative estimate of drug-likeness (QED) is 0.108. The Balaban J connectivity index is 1.38. The van der Waals surface area contributed by atoms with Crippen molar-refractivity contribution in [3.8, 4) is 11.5 Å². The van der Waals surface area contributed by atoms with Crippen LogP contribution in [0, 0.1) is 17.7 Å². The highest BCUT2D eigenvalue weighted by atomic mass is 19.1. The summed E-state index contributed by atoms with van der Waals surface area (Å²) in [6.07, 6.45) is 21.1. The zero-order valence-electron chi connectivity index (χ0n) is 24.5. The van der Waals surface area contributed by atoms with Crippen LogP contribution in [0.3, 0.4) is 0 Å². The summed E-state index contributed by atoms with van der Waals surface area (Å²) in [7, 11) is 0. The van der Waals surface area contributed by atoms with E-state index < -0.39 is 5.97 Å². The third-order valence-corrected chi connectivity index (χ3v) is 8.36. The number of unbranched alkanes of at least 4 members (excludes halogenated alkanes) is 7. The first-order valence-electron chi connectivity index (χ1n) is 15.8. The molecule has 2 unspecified atom stereocenters. The number of rotatable bonds is 18. The molecule has 0 heterocycles. The Labute approximate surface area is 236 Å². The van der Waals surface area contributed by atoms with Crippen LogP contribution in [0.1, 0.15) is 133 Å². The highest BCUT2D eigenvalue weighted by Gasteiger charge is 2.24. The van der Waals surface area contributed by atoms with Crippen LogP contribution < -0.4 is 9.47 Å². The highest BCUT2D eigenvalue weighted by Crippen LogP contribution is 2.36. The summed E-state index contributed by atoms with van der Waals surface area (Å²) < 4.78 is 25.9. The average Bonchev–Trinajstić information content (AvgIpc) is 2.95. The van der Waals surface area contributed by atoms with Crippen LogP contribution in [0.15, 0.2) is 42.5 Å². The second-order valence-corrected chi connectivity index (χ2v) is 11.5. The van der Waals surface area contributed by atoms with Gasteiger partial charge in [0.15, 0.2) is 0 Å². The second kappa shape index (κ2) is 18.1. The lowest BCUT2D eigenvalue weighted by molar-refractivity contribution is 0.0734. The topological polar surface area (TPSA) is 35.5 Å². The Morgan fingerprint density at radius 2 is 1.38 bits per heavy atom. The first-order chi connectivity index (χ1) is 19.1. The fourth-order valence-electron chi connectivity index (χ4n) is 5.98. The van der Waals surface area contributed by atoms with Crippen molar-refractivity contribution in [2.75, 3.05) is 6.61 Å². The van der Waals surface area contributed by atoms with Gasteiger partial charge < -0.3 is 9.47 Å². The van der Waals surface area contributed by atoms with Gasteiger partial charge in [0.2, 0.25) is 0 Å². The minimum Gasteiger partial charge on any atom is -0.494 e. The van der Waals surface area contributed by atoms with E-state index in [0.29, 0.717) is 24.2 Å². The molecule has 1 fully saturated rings. The lowest BCUT2D eigenvalue weighted by Gasteiger charge is -2.31. The van der Waals surface area contributed by atoms with Gasteiger partial charge in [0, 0.05) is 6.07 Å². The molecule has 0 bridgehead atoms. The van der Waals surface area contributed by atoms with E-state index in [9.17, 15) is 9.18 Å². The van der Waals surface area contributed by atoms with Crippen LogP contribution in [-0.4, -0.2) is 12.6 Å². The number of hydrogen-bond acceptors (Lipinski definition) is 3. The molecule has 0 saturated heterocycles. The highest BCUT2D eigenvalue weighted by molar-refractivity contribution is 5.91. The molecule has 39 heavy (non-hydrogen) atoms. The molecule has 3 nitrogen and oxygen atoms in total. The van der Waals surface area contributed by atoms with Crippen LogP contribution in [0.4, 0.5) is 4.39 Å². The summed E-state index contributed by atoms with van der Waals surface area (Å²) in [4.78, 5) is 12.6. The number of ether oxygens (including phenoxy) is 2. The van der Waals surface area contributed by atoms with E-state index in [1.165, 1.54) is 89.5 Å². The van der Waals surface area contributed by atoms with Crippen molar-refractivity contribution in [1.29, 1.82) is 0 Å². The van der Waals surface area contributed by atoms with Crippen LogP contribution in [0.5, 0.6) is 11.5 Å². The Kier molecular flexibility index (Phi) is 14.4. The summed E-state index contributed by atoms with van der Waals surface area (Å²) in [5.74, 6) is 1.96. The maximum atomic E-state index is 14.5. The van der Waals surface area contributed by atoms with Gasteiger partial charge in [-0.2, -0.15) is 0 Å². The van der Waals surface area contributed by atoms with Gasteiger partial charge in [-0.25, -0.2) is 9.18 Å². The molecule has 2 aromatic rings. The fraction of sp³-hybridized carbons (Fsp3) is 0.629. The van der Waals surface area contributed by atoms with Crippen molar-refractivity contribution < 1.29 is 18.7 Å². The fourth-order valence-corrected chi connectivity index (χ4v) is 5.98. The zero-order valence-corrected chi connectivity index (χ0v) is 24.5. The van der Waals surface area contributed by atoms with Gasteiger partial charge in [0.25, 0.3) is 0 Å². The predicted octanol–water partition coefficient (Wildman–Crippen LogP) is 10.5. The third kappa shape index (κ3) is 11.3. The molecule has 216 valence electrons. The van der Waals surface area contributed by atoms with E-state index in [1.54, 1.807) is 24.3 Å². The molecule has 0 spiro atoms.